The number of rotatable bonds is 8. The number of amides is 1. The molecule has 0 saturated heterocycles. The largest absolute Gasteiger partial charge is 0.487 e. The van der Waals surface area contributed by atoms with Crippen LogP contribution in [0.3, 0.4) is 0 Å². The molecule has 1 saturated carbocycles. The molecule has 2 aliphatic rings. The Bertz CT molecular complexity index is 1090. The predicted molar refractivity (Wildman–Crippen MR) is 127 cm³/mol. The van der Waals surface area contributed by atoms with Gasteiger partial charge in [0.05, 0.1) is 23.8 Å². The molecule has 0 bridgehead atoms. The fourth-order valence-electron chi connectivity index (χ4n) is 5.04. The predicted octanol–water partition coefficient (Wildman–Crippen LogP) is 3.70. The molecule has 4 rings (SSSR count). The lowest BCUT2D eigenvalue weighted by atomic mass is 9.72. The van der Waals surface area contributed by atoms with Crippen molar-refractivity contribution in [3.8, 4) is 11.8 Å². The maximum Gasteiger partial charge on any atom is 0.217 e. The zero-order valence-electron chi connectivity index (χ0n) is 19.7. The molecule has 2 aromatic rings. The Kier molecular flexibility index (Phi) is 7.20. The first kappa shape index (κ1) is 24.2. The third kappa shape index (κ3) is 5.40. The summed E-state index contributed by atoms with van der Waals surface area (Å²) >= 11 is 0. The van der Waals surface area contributed by atoms with Gasteiger partial charge in [-0.05, 0) is 67.5 Å². The minimum absolute atomic E-state index is 0.0301. The van der Waals surface area contributed by atoms with Crippen molar-refractivity contribution in [3.63, 3.8) is 0 Å². The minimum atomic E-state index is -0.907. The van der Waals surface area contributed by atoms with E-state index in [9.17, 15) is 14.3 Å². The zero-order valence-corrected chi connectivity index (χ0v) is 19.7. The second-order valence-corrected chi connectivity index (χ2v) is 9.57. The van der Waals surface area contributed by atoms with Crippen LogP contribution in [0.1, 0.15) is 67.8 Å². The Morgan fingerprint density at radius 3 is 2.74 bits per heavy atom. The lowest BCUT2D eigenvalue weighted by molar-refractivity contribution is -0.120. The van der Waals surface area contributed by atoms with Crippen LogP contribution in [0.15, 0.2) is 36.4 Å². The SMILES string of the molecule is CCc1ccc2c(c1)[C@@H](NC[C@@H](O)[C@H](Cc1cc(F)cc(C#N)c1)NC(C)=O)CC1(CCC1)O2. The quantitative estimate of drug-likeness (QED) is 0.553. The Morgan fingerprint density at radius 2 is 2.09 bits per heavy atom. The molecule has 1 fully saturated rings. The Hall–Kier alpha value is -2.95. The molecule has 1 heterocycles. The number of aryl methyl sites for hydroxylation is 1. The van der Waals surface area contributed by atoms with Gasteiger partial charge in [-0.15, -0.1) is 0 Å². The summed E-state index contributed by atoms with van der Waals surface area (Å²) in [7, 11) is 0. The number of carbonyl (C=O) groups is 1. The van der Waals surface area contributed by atoms with Crippen molar-refractivity contribution in [1.29, 1.82) is 5.26 Å². The Balaban J connectivity index is 1.50. The van der Waals surface area contributed by atoms with Gasteiger partial charge < -0.3 is 20.5 Å². The maximum atomic E-state index is 13.9. The molecule has 1 amide bonds. The number of nitrogens with one attached hydrogen (secondary N) is 2. The molecule has 6 nitrogen and oxygen atoms in total. The van der Waals surface area contributed by atoms with Gasteiger partial charge in [-0.2, -0.15) is 5.26 Å². The molecular weight excluding hydrogens is 433 g/mol. The van der Waals surface area contributed by atoms with Gasteiger partial charge >= 0.3 is 0 Å². The molecule has 0 aromatic heterocycles. The molecule has 34 heavy (non-hydrogen) atoms. The number of aliphatic hydroxyl groups excluding tert-OH is 1. The van der Waals surface area contributed by atoms with Crippen molar-refractivity contribution in [2.24, 2.45) is 0 Å². The van der Waals surface area contributed by atoms with Gasteiger partial charge in [-0.25, -0.2) is 4.39 Å². The molecule has 1 aliphatic heterocycles. The smallest absolute Gasteiger partial charge is 0.217 e. The number of hydrogen-bond donors (Lipinski definition) is 3. The number of nitrogens with zero attached hydrogens (tertiary/aromatic N) is 1. The molecule has 2 aromatic carbocycles. The number of carbonyl (C=O) groups excluding carboxylic acids is 1. The lowest BCUT2D eigenvalue weighted by Gasteiger charge is -2.48. The average Bonchev–Trinajstić information content (AvgIpc) is 2.79. The summed E-state index contributed by atoms with van der Waals surface area (Å²) in [6, 6.07) is 11.7. The van der Waals surface area contributed by atoms with Crippen LogP contribution < -0.4 is 15.4 Å². The van der Waals surface area contributed by atoms with Crippen molar-refractivity contribution in [2.45, 2.75) is 76.2 Å². The van der Waals surface area contributed by atoms with Gasteiger partial charge in [0.15, 0.2) is 0 Å². The van der Waals surface area contributed by atoms with Gasteiger partial charge in [0.2, 0.25) is 5.91 Å². The van der Waals surface area contributed by atoms with Crippen LogP contribution >= 0.6 is 0 Å². The summed E-state index contributed by atoms with van der Waals surface area (Å²) in [6.45, 7) is 3.76. The van der Waals surface area contributed by atoms with E-state index in [0.29, 0.717) is 5.56 Å². The first-order chi connectivity index (χ1) is 16.3. The molecule has 3 N–H and O–H groups in total. The normalized spacial score (nSPS) is 19.8. The Labute approximate surface area is 200 Å². The molecule has 1 aliphatic carbocycles. The first-order valence-corrected chi connectivity index (χ1v) is 12.0. The second-order valence-electron chi connectivity index (χ2n) is 9.57. The second kappa shape index (κ2) is 10.1. The van der Waals surface area contributed by atoms with E-state index < -0.39 is 18.0 Å². The van der Waals surface area contributed by atoms with Crippen LogP contribution in [0.5, 0.6) is 5.75 Å². The van der Waals surface area contributed by atoms with Gasteiger partial charge in [0, 0.05) is 31.5 Å². The zero-order chi connectivity index (χ0) is 24.3. The number of benzene rings is 2. The summed E-state index contributed by atoms with van der Waals surface area (Å²) in [5.41, 5.74) is 2.95. The van der Waals surface area contributed by atoms with E-state index in [-0.39, 0.29) is 36.1 Å². The van der Waals surface area contributed by atoms with E-state index in [2.05, 4.69) is 35.8 Å². The molecule has 180 valence electrons. The molecule has 1 spiro atoms. The molecule has 0 radical (unpaired) electrons. The molecule has 3 atom stereocenters. The maximum absolute atomic E-state index is 13.9. The average molecular weight is 466 g/mol. The number of hydrogen-bond acceptors (Lipinski definition) is 5. The highest BCUT2D eigenvalue weighted by atomic mass is 19.1. The molecular formula is C27H32FN3O3. The van der Waals surface area contributed by atoms with E-state index in [1.54, 1.807) is 6.07 Å². The van der Waals surface area contributed by atoms with E-state index in [4.69, 9.17) is 10.00 Å². The third-order valence-electron chi connectivity index (χ3n) is 6.99. The lowest BCUT2D eigenvalue weighted by Crippen LogP contribution is -2.52. The monoisotopic (exact) mass is 465 g/mol. The Morgan fingerprint density at radius 1 is 1.29 bits per heavy atom. The van der Waals surface area contributed by atoms with Crippen molar-refractivity contribution in [2.75, 3.05) is 6.54 Å². The van der Waals surface area contributed by atoms with Gasteiger partial charge in [-0.1, -0.05) is 19.1 Å². The van der Waals surface area contributed by atoms with Crippen molar-refractivity contribution in [1.82, 2.24) is 10.6 Å². The van der Waals surface area contributed by atoms with E-state index in [0.717, 1.165) is 43.4 Å². The number of nitriles is 1. The number of fused-ring (bicyclic) bond motifs is 1. The summed E-state index contributed by atoms with van der Waals surface area (Å²) in [5.74, 6) is 0.107. The number of halogens is 1. The van der Waals surface area contributed by atoms with Crippen LogP contribution in [0, 0.1) is 17.1 Å². The van der Waals surface area contributed by atoms with Crippen LogP contribution in [0.2, 0.25) is 0 Å². The summed E-state index contributed by atoms with van der Waals surface area (Å²) in [4.78, 5) is 11.8. The highest BCUT2D eigenvalue weighted by Gasteiger charge is 2.45. The topological polar surface area (TPSA) is 94.4 Å². The third-order valence-corrected chi connectivity index (χ3v) is 6.99. The van der Waals surface area contributed by atoms with Crippen LogP contribution in [-0.4, -0.2) is 35.3 Å². The standard InChI is InChI=1S/C27H32FN3O3/c1-3-18-5-6-26-22(12-18)24(14-27(34-26)7-4-8-27)30-16-25(33)23(31-17(2)32)13-19-9-20(15-29)11-21(28)10-19/h5-6,9-12,23-25,30,33H,3-4,7-8,13-14,16H2,1-2H3,(H,31,32)/t23-,24-,25+/m0/s1. The first-order valence-electron chi connectivity index (χ1n) is 12.0. The van der Waals surface area contributed by atoms with Crippen molar-refractivity contribution < 1.29 is 19.0 Å². The van der Waals surface area contributed by atoms with Crippen molar-refractivity contribution >= 4 is 5.91 Å². The summed E-state index contributed by atoms with van der Waals surface area (Å²) < 4.78 is 20.3. The minimum Gasteiger partial charge on any atom is -0.487 e. The fraction of sp³-hybridized carbons (Fsp3) is 0.481. The van der Waals surface area contributed by atoms with Crippen LogP contribution in [0.4, 0.5) is 4.39 Å². The van der Waals surface area contributed by atoms with Crippen LogP contribution in [0.25, 0.3) is 0 Å². The summed E-state index contributed by atoms with van der Waals surface area (Å²) in [5, 5.41) is 26.5. The highest BCUT2D eigenvalue weighted by molar-refractivity contribution is 5.73. The fourth-order valence-corrected chi connectivity index (χ4v) is 5.04. The van der Waals surface area contributed by atoms with E-state index in [1.807, 2.05) is 6.07 Å². The van der Waals surface area contributed by atoms with Gasteiger partial charge in [0.1, 0.15) is 17.2 Å². The van der Waals surface area contributed by atoms with E-state index >= 15 is 0 Å². The van der Waals surface area contributed by atoms with Gasteiger partial charge in [0.25, 0.3) is 0 Å². The number of aliphatic hydroxyl groups is 1. The van der Waals surface area contributed by atoms with Crippen molar-refractivity contribution in [3.05, 3.63) is 64.5 Å². The highest BCUT2D eigenvalue weighted by Crippen LogP contribution is 2.49. The van der Waals surface area contributed by atoms with Crippen LogP contribution in [-0.2, 0) is 17.6 Å². The number of ether oxygens (including phenoxy) is 1. The van der Waals surface area contributed by atoms with Gasteiger partial charge in [-0.3, -0.25) is 4.79 Å². The van der Waals surface area contributed by atoms with E-state index in [1.165, 1.54) is 24.6 Å². The molecule has 0 unspecified atom stereocenters. The summed E-state index contributed by atoms with van der Waals surface area (Å²) in [6.07, 6.45) is 4.27. The molecule has 7 heteroatoms.